The smallest absolute Gasteiger partial charge is 0.335 e. The molecule has 0 radical (unpaired) electrons. The van der Waals surface area contributed by atoms with E-state index in [1.807, 2.05) is 4.90 Å². The van der Waals surface area contributed by atoms with E-state index in [-0.39, 0.29) is 5.56 Å². The van der Waals surface area contributed by atoms with Crippen LogP contribution in [0.15, 0.2) is 12.1 Å². The van der Waals surface area contributed by atoms with Gasteiger partial charge in [-0.1, -0.05) is 40.0 Å². The lowest BCUT2D eigenvalue weighted by Crippen LogP contribution is -3.12. The van der Waals surface area contributed by atoms with Crippen molar-refractivity contribution in [1.82, 2.24) is 0 Å². The molecule has 4 N–H and O–H groups in total. The van der Waals surface area contributed by atoms with Crippen molar-refractivity contribution in [2.75, 3.05) is 19.6 Å². The van der Waals surface area contributed by atoms with E-state index < -0.39 is 23.2 Å². The zero-order valence-corrected chi connectivity index (χ0v) is 15.7. The maximum Gasteiger partial charge on any atom is 0.335 e. The topological polar surface area (TPSA) is 105 Å². The van der Waals surface area contributed by atoms with Crippen LogP contribution in [0.5, 0.6) is 17.2 Å². The molecule has 25 heavy (non-hydrogen) atoms. The van der Waals surface area contributed by atoms with Gasteiger partial charge in [0.05, 0.1) is 25.2 Å². The molecule has 0 atom stereocenters. The number of hydrogen-bond donors (Lipinski definition) is 4. The number of nitrogens with one attached hydrogen (secondary N) is 1. The number of aromatic hydroxyl groups is 2. The standard InChI is InChI=1S/C12H27N.C7H6O5/c1-4-7-10-13(11-8-5-2)12-9-6-3;8-4-1-3(7(11)12)2-5(9)6(4)10/h4-12H2,1-3H3;1-2,8-10H,(H,11,12). The summed E-state index contributed by atoms with van der Waals surface area (Å²) in [5, 5.41) is 36.6. The summed E-state index contributed by atoms with van der Waals surface area (Å²) in [5.74, 6) is -3.83. The van der Waals surface area contributed by atoms with Crippen molar-refractivity contribution in [3.05, 3.63) is 17.7 Å². The highest BCUT2D eigenvalue weighted by molar-refractivity contribution is 5.89. The molecule has 0 saturated heterocycles. The number of benzene rings is 1. The number of phenolic OH excluding ortho intramolecular Hbond substituents is 2. The van der Waals surface area contributed by atoms with Crippen molar-refractivity contribution >= 4 is 5.97 Å². The van der Waals surface area contributed by atoms with Gasteiger partial charge in [-0.25, -0.2) is 4.79 Å². The van der Waals surface area contributed by atoms with Crippen LogP contribution in [0, 0.1) is 0 Å². The number of rotatable bonds is 10. The van der Waals surface area contributed by atoms with E-state index in [0.717, 1.165) is 12.1 Å². The summed E-state index contributed by atoms with van der Waals surface area (Å²) in [7, 11) is 0. The zero-order valence-electron chi connectivity index (χ0n) is 15.7. The minimum atomic E-state index is -1.32. The normalized spacial score (nSPS) is 10.4. The van der Waals surface area contributed by atoms with Gasteiger partial charge in [0.2, 0.25) is 0 Å². The third kappa shape index (κ3) is 9.82. The van der Waals surface area contributed by atoms with Crippen molar-refractivity contribution in [2.24, 2.45) is 0 Å². The molecular weight excluding hydrogens is 322 g/mol. The maximum atomic E-state index is 10.7. The van der Waals surface area contributed by atoms with E-state index >= 15 is 0 Å². The van der Waals surface area contributed by atoms with Crippen LogP contribution in [0.4, 0.5) is 0 Å². The predicted octanol–water partition coefficient (Wildman–Crippen LogP) is 2.14. The van der Waals surface area contributed by atoms with Crippen LogP contribution < -0.4 is 10.0 Å². The highest BCUT2D eigenvalue weighted by atomic mass is 16.4. The van der Waals surface area contributed by atoms with Crippen LogP contribution in [-0.2, 0) is 0 Å². The molecule has 0 aromatic heterocycles. The second-order valence-corrected chi connectivity index (χ2v) is 6.21. The molecule has 0 aliphatic rings. The average molecular weight is 355 g/mol. The van der Waals surface area contributed by atoms with Crippen LogP contribution in [-0.4, -0.2) is 40.9 Å². The first-order valence-corrected chi connectivity index (χ1v) is 9.17. The summed E-state index contributed by atoms with van der Waals surface area (Å²) in [4.78, 5) is 12.1. The Labute approximate surface area is 150 Å². The molecule has 1 rings (SSSR count). The number of hydrogen-bond acceptors (Lipinski definition) is 4. The molecule has 6 heteroatoms. The van der Waals surface area contributed by atoms with E-state index in [1.54, 1.807) is 0 Å². The van der Waals surface area contributed by atoms with Crippen molar-refractivity contribution in [3.8, 4) is 17.2 Å². The lowest BCUT2D eigenvalue weighted by Gasteiger charge is -2.18. The predicted molar refractivity (Wildman–Crippen MR) is 96.5 cm³/mol. The third-order valence-corrected chi connectivity index (χ3v) is 3.95. The van der Waals surface area contributed by atoms with Gasteiger partial charge in [-0.15, -0.1) is 0 Å². The van der Waals surface area contributed by atoms with E-state index in [0.29, 0.717) is 0 Å². The van der Waals surface area contributed by atoms with E-state index in [2.05, 4.69) is 20.8 Å². The van der Waals surface area contributed by atoms with Gasteiger partial charge in [0, 0.05) is 0 Å². The molecule has 0 unspecified atom stereocenters. The fourth-order valence-corrected chi connectivity index (χ4v) is 2.38. The molecule has 0 amide bonds. The first-order valence-electron chi connectivity index (χ1n) is 9.17. The summed E-state index contributed by atoms with van der Waals surface area (Å²) in [6.07, 6.45) is 8.26. The molecule has 1 aromatic carbocycles. The van der Waals surface area contributed by atoms with Crippen molar-refractivity contribution < 1.29 is 30.1 Å². The SMILES string of the molecule is CCCC[NH+](CCCC)CCCC.O=C(O)c1cc(O)c([O-])c(O)c1. The molecule has 0 aliphatic heterocycles. The first kappa shape index (κ1) is 23.1. The van der Waals surface area contributed by atoms with Crippen molar-refractivity contribution in [3.63, 3.8) is 0 Å². The van der Waals surface area contributed by atoms with Gasteiger partial charge in [0.25, 0.3) is 0 Å². The summed E-state index contributed by atoms with van der Waals surface area (Å²) in [6.45, 7) is 11.1. The summed E-state index contributed by atoms with van der Waals surface area (Å²) in [5.41, 5.74) is -0.329. The number of unbranched alkanes of at least 4 members (excludes halogenated alkanes) is 3. The van der Waals surface area contributed by atoms with Gasteiger partial charge in [-0.05, 0) is 37.1 Å². The lowest BCUT2D eigenvalue weighted by atomic mass is 10.2. The Hall–Kier alpha value is -1.95. The maximum absolute atomic E-state index is 10.7. The van der Waals surface area contributed by atoms with Crippen LogP contribution in [0.25, 0.3) is 0 Å². The molecule has 0 aliphatic carbocycles. The molecule has 144 valence electrons. The van der Waals surface area contributed by atoms with E-state index in [1.165, 1.54) is 58.2 Å². The molecule has 0 fully saturated rings. The van der Waals surface area contributed by atoms with Crippen molar-refractivity contribution in [1.29, 1.82) is 0 Å². The Balaban J connectivity index is 0.000000462. The summed E-state index contributed by atoms with van der Waals surface area (Å²) in [6, 6.07) is 1.56. The number of carboxylic acids is 1. The Bertz CT molecular complexity index is 463. The summed E-state index contributed by atoms with van der Waals surface area (Å²) >= 11 is 0. The molecule has 0 saturated carbocycles. The number of phenols is 2. The second-order valence-electron chi connectivity index (χ2n) is 6.21. The minimum absolute atomic E-state index is 0.329. The summed E-state index contributed by atoms with van der Waals surface area (Å²) < 4.78 is 0. The average Bonchev–Trinajstić information content (AvgIpc) is 2.59. The van der Waals surface area contributed by atoms with Gasteiger partial charge in [0.1, 0.15) is 11.5 Å². The van der Waals surface area contributed by atoms with Gasteiger partial charge >= 0.3 is 5.97 Å². The van der Waals surface area contributed by atoms with E-state index in [4.69, 9.17) is 15.3 Å². The van der Waals surface area contributed by atoms with Gasteiger partial charge in [0.15, 0.2) is 0 Å². The van der Waals surface area contributed by atoms with E-state index in [9.17, 15) is 9.90 Å². The fraction of sp³-hybridized carbons (Fsp3) is 0.632. The number of carboxylic acid groups (broad SMARTS) is 1. The van der Waals surface area contributed by atoms with Gasteiger partial charge < -0.3 is 25.3 Å². The molecule has 6 nitrogen and oxygen atoms in total. The Morgan fingerprint density at radius 1 is 0.920 bits per heavy atom. The number of quaternary nitrogens is 1. The Kier molecular flexibility index (Phi) is 12.3. The highest BCUT2D eigenvalue weighted by Gasteiger charge is 2.07. The van der Waals surface area contributed by atoms with Gasteiger partial charge in [-0.3, -0.25) is 0 Å². The zero-order chi connectivity index (χ0) is 19.2. The Morgan fingerprint density at radius 3 is 1.56 bits per heavy atom. The minimum Gasteiger partial charge on any atom is -0.867 e. The third-order valence-electron chi connectivity index (χ3n) is 3.95. The number of carbonyl (C=O) groups is 1. The molecule has 0 spiro atoms. The van der Waals surface area contributed by atoms with Crippen molar-refractivity contribution in [2.45, 2.75) is 59.3 Å². The van der Waals surface area contributed by atoms with Gasteiger partial charge in [-0.2, -0.15) is 0 Å². The van der Waals surface area contributed by atoms with Crippen LogP contribution in [0.3, 0.4) is 0 Å². The Morgan fingerprint density at radius 2 is 1.28 bits per heavy atom. The molecule has 0 bridgehead atoms. The molecule has 1 aromatic rings. The first-order chi connectivity index (χ1) is 11.9. The van der Waals surface area contributed by atoms with Crippen LogP contribution in [0.2, 0.25) is 0 Å². The molecule has 0 heterocycles. The quantitative estimate of drug-likeness (QED) is 0.515. The fourth-order valence-electron chi connectivity index (χ4n) is 2.38. The van der Waals surface area contributed by atoms with Crippen LogP contribution in [0.1, 0.15) is 69.7 Å². The highest BCUT2D eigenvalue weighted by Crippen LogP contribution is 2.32. The molecular formula is C19H33NO5. The second kappa shape index (κ2) is 13.4. The van der Waals surface area contributed by atoms with Crippen LogP contribution >= 0.6 is 0 Å². The number of aromatic carboxylic acids is 1. The monoisotopic (exact) mass is 355 g/mol. The largest absolute Gasteiger partial charge is 0.867 e. The lowest BCUT2D eigenvalue weighted by molar-refractivity contribution is -0.900.